The van der Waals surface area contributed by atoms with Crippen LogP contribution in [0.15, 0.2) is 55.0 Å². The summed E-state index contributed by atoms with van der Waals surface area (Å²) in [4.78, 5) is 37.7. The molecule has 9 nitrogen and oxygen atoms in total. The van der Waals surface area contributed by atoms with Gasteiger partial charge >= 0.3 is 0 Å². The van der Waals surface area contributed by atoms with Gasteiger partial charge in [-0.15, -0.1) is 0 Å². The predicted molar refractivity (Wildman–Crippen MR) is 139 cm³/mol. The fraction of sp³-hybridized carbons (Fsp3) is 0.321. The van der Waals surface area contributed by atoms with Crippen molar-refractivity contribution in [2.75, 3.05) is 11.9 Å². The Balaban J connectivity index is 1.39. The van der Waals surface area contributed by atoms with Crippen LogP contribution >= 0.6 is 0 Å². The van der Waals surface area contributed by atoms with Crippen molar-refractivity contribution in [3.05, 3.63) is 83.2 Å². The standard InChI is InChI=1S/C28H30N6O3/c1-28(2)13-21-26(22(35)14-28)20(11-18-7-5-4-6-8-18)27(32-21)19-9-10-29-23(12-19)33-25(36)16-37-15-24-30-17-31-34(24)3/h4-10,12,17,32H,11,13-16H2,1-3H3,(H,29,33,36). The van der Waals surface area contributed by atoms with Crippen LogP contribution in [0.3, 0.4) is 0 Å². The molecule has 0 bridgehead atoms. The fourth-order valence-electron chi connectivity index (χ4n) is 4.87. The number of ketones is 1. The molecule has 1 aliphatic rings. The Bertz CT molecular complexity index is 1440. The number of aromatic amines is 1. The van der Waals surface area contributed by atoms with E-state index in [1.165, 1.54) is 6.33 Å². The van der Waals surface area contributed by atoms with E-state index in [0.29, 0.717) is 24.5 Å². The van der Waals surface area contributed by atoms with E-state index in [-0.39, 0.29) is 30.3 Å². The molecule has 0 unspecified atom stereocenters. The number of carbonyl (C=O) groups excluding carboxylic acids is 2. The number of carbonyl (C=O) groups is 2. The van der Waals surface area contributed by atoms with E-state index in [1.54, 1.807) is 17.9 Å². The van der Waals surface area contributed by atoms with Crippen LogP contribution in [0, 0.1) is 5.41 Å². The molecule has 3 aromatic heterocycles. The zero-order valence-electron chi connectivity index (χ0n) is 21.2. The van der Waals surface area contributed by atoms with Crippen LogP contribution in [-0.4, -0.2) is 43.0 Å². The molecule has 0 atom stereocenters. The Morgan fingerprint density at radius 3 is 2.73 bits per heavy atom. The third-order valence-electron chi connectivity index (χ3n) is 6.56. The van der Waals surface area contributed by atoms with Gasteiger partial charge in [-0.1, -0.05) is 44.2 Å². The van der Waals surface area contributed by atoms with Crippen LogP contribution < -0.4 is 5.32 Å². The SMILES string of the molecule is Cn1ncnc1COCC(=O)Nc1cc(-c2[nH]c3c(c2Cc2ccccc2)C(=O)CC(C)(C)C3)ccn1. The number of rotatable bonds is 8. The number of amides is 1. The van der Waals surface area contributed by atoms with Crippen molar-refractivity contribution in [3.8, 4) is 11.3 Å². The molecule has 2 N–H and O–H groups in total. The number of nitrogens with zero attached hydrogens (tertiary/aromatic N) is 4. The number of hydrogen-bond acceptors (Lipinski definition) is 6. The summed E-state index contributed by atoms with van der Waals surface area (Å²) < 4.78 is 7.07. The normalized spacial score (nSPS) is 14.4. The van der Waals surface area contributed by atoms with Gasteiger partial charge in [0, 0.05) is 42.9 Å². The molecule has 1 aromatic carbocycles. The maximum absolute atomic E-state index is 13.3. The second kappa shape index (κ2) is 10.1. The largest absolute Gasteiger partial charge is 0.364 e. The number of H-pyrrole nitrogens is 1. The van der Waals surface area contributed by atoms with Gasteiger partial charge in [0.1, 0.15) is 25.4 Å². The minimum atomic E-state index is -0.320. The maximum atomic E-state index is 13.3. The average Bonchev–Trinajstić information content (AvgIpc) is 3.42. The first kappa shape index (κ1) is 24.6. The first-order chi connectivity index (χ1) is 17.8. The summed E-state index contributed by atoms with van der Waals surface area (Å²) in [6.07, 6.45) is 5.04. The molecule has 1 amide bonds. The zero-order chi connectivity index (χ0) is 26.0. The zero-order valence-corrected chi connectivity index (χ0v) is 21.2. The van der Waals surface area contributed by atoms with Crippen molar-refractivity contribution < 1.29 is 14.3 Å². The van der Waals surface area contributed by atoms with Gasteiger partial charge in [-0.05, 0) is 35.1 Å². The van der Waals surface area contributed by atoms with E-state index in [1.807, 2.05) is 30.3 Å². The number of pyridine rings is 1. The lowest BCUT2D eigenvalue weighted by Crippen LogP contribution is -2.27. The highest BCUT2D eigenvalue weighted by Gasteiger charge is 2.35. The second-order valence-electron chi connectivity index (χ2n) is 10.2. The molecule has 0 radical (unpaired) electrons. The highest BCUT2D eigenvalue weighted by Crippen LogP contribution is 2.40. The molecule has 0 aliphatic heterocycles. The second-order valence-corrected chi connectivity index (χ2v) is 10.2. The summed E-state index contributed by atoms with van der Waals surface area (Å²) in [5.41, 5.74) is 5.54. The van der Waals surface area contributed by atoms with Gasteiger partial charge in [-0.3, -0.25) is 14.3 Å². The quantitative estimate of drug-likeness (QED) is 0.378. The van der Waals surface area contributed by atoms with Gasteiger partial charge in [-0.2, -0.15) is 5.10 Å². The van der Waals surface area contributed by atoms with Gasteiger partial charge in [0.2, 0.25) is 0 Å². The van der Waals surface area contributed by atoms with E-state index in [2.05, 4.69) is 51.3 Å². The summed E-state index contributed by atoms with van der Waals surface area (Å²) in [6, 6.07) is 13.8. The van der Waals surface area contributed by atoms with Gasteiger partial charge in [-0.25, -0.2) is 9.97 Å². The van der Waals surface area contributed by atoms with Crippen LogP contribution in [0.25, 0.3) is 11.3 Å². The van der Waals surface area contributed by atoms with E-state index in [4.69, 9.17) is 4.74 Å². The number of nitrogens with one attached hydrogen (secondary N) is 2. The van der Waals surface area contributed by atoms with Gasteiger partial charge in [0.15, 0.2) is 11.6 Å². The Labute approximate surface area is 215 Å². The predicted octanol–water partition coefficient (Wildman–Crippen LogP) is 4.11. The Morgan fingerprint density at radius 1 is 1.16 bits per heavy atom. The lowest BCUT2D eigenvalue weighted by Gasteiger charge is -2.28. The summed E-state index contributed by atoms with van der Waals surface area (Å²) in [5, 5.41) is 6.78. The smallest absolute Gasteiger partial charge is 0.251 e. The molecule has 0 fully saturated rings. The number of aromatic nitrogens is 5. The van der Waals surface area contributed by atoms with Crippen LogP contribution in [0.4, 0.5) is 5.82 Å². The minimum absolute atomic E-state index is 0.0986. The summed E-state index contributed by atoms with van der Waals surface area (Å²) in [6.45, 7) is 4.28. The Morgan fingerprint density at radius 2 is 1.97 bits per heavy atom. The molecule has 9 heteroatoms. The van der Waals surface area contributed by atoms with E-state index in [0.717, 1.165) is 40.1 Å². The van der Waals surface area contributed by atoms with Gasteiger partial charge in [0.25, 0.3) is 5.91 Å². The van der Waals surface area contributed by atoms with Crippen LogP contribution in [-0.2, 0) is 36.0 Å². The average molecular weight is 499 g/mol. The highest BCUT2D eigenvalue weighted by atomic mass is 16.5. The molecule has 0 saturated carbocycles. The number of ether oxygens (including phenoxy) is 1. The summed E-state index contributed by atoms with van der Waals surface area (Å²) >= 11 is 0. The number of fused-ring (bicyclic) bond motifs is 1. The van der Waals surface area contributed by atoms with Crippen molar-refractivity contribution in [3.63, 3.8) is 0 Å². The molecule has 37 heavy (non-hydrogen) atoms. The molecular formula is C28H30N6O3. The van der Waals surface area contributed by atoms with Crippen molar-refractivity contribution >= 4 is 17.5 Å². The first-order valence-electron chi connectivity index (χ1n) is 12.3. The van der Waals surface area contributed by atoms with E-state index >= 15 is 0 Å². The van der Waals surface area contributed by atoms with Crippen LogP contribution in [0.2, 0.25) is 0 Å². The molecule has 5 rings (SSSR count). The van der Waals surface area contributed by atoms with Crippen molar-refractivity contribution in [1.82, 2.24) is 24.7 Å². The number of anilines is 1. The number of benzene rings is 1. The van der Waals surface area contributed by atoms with Crippen molar-refractivity contribution in [1.29, 1.82) is 0 Å². The van der Waals surface area contributed by atoms with Crippen molar-refractivity contribution in [2.45, 2.75) is 39.7 Å². The monoisotopic (exact) mass is 498 g/mol. The van der Waals surface area contributed by atoms with E-state index < -0.39 is 0 Å². The van der Waals surface area contributed by atoms with Crippen LogP contribution in [0.1, 0.15) is 53.3 Å². The third kappa shape index (κ3) is 5.51. The molecule has 0 saturated heterocycles. The van der Waals surface area contributed by atoms with Crippen molar-refractivity contribution in [2.24, 2.45) is 12.5 Å². The fourth-order valence-corrected chi connectivity index (χ4v) is 4.87. The number of hydrogen-bond donors (Lipinski definition) is 2. The molecule has 3 heterocycles. The molecule has 1 aliphatic carbocycles. The molecule has 190 valence electrons. The lowest BCUT2D eigenvalue weighted by molar-refractivity contribution is -0.121. The summed E-state index contributed by atoms with van der Waals surface area (Å²) in [5.74, 6) is 0.892. The third-order valence-corrected chi connectivity index (χ3v) is 6.56. The van der Waals surface area contributed by atoms with Crippen LogP contribution in [0.5, 0.6) is 0 Å². The highest BCUT2D eigenvalue weighted by molar-refractivity contribution is 6.02. The summed E-state index contributed by atoms with van der Waals surface area (Å²) in [7, 11) is 1.76. The first-order valence-corrected chi connectivity index (χ1v) is 12.3. The Kier molecular flexibility index (Phi) is 6.71. The topological polar surface area (TPSA) is 115 Å². The molecule has 4 aromatic rings. The van der Waals surface area contributed by atoms with Gasteiger partial charge in [0.05, 0.1) is 5.69 Å². The number of aryl methyl sites for hydroxylation is 1. The number of Topliss-reactive ketones (excluding diaryl/α,β-unsaturated/α-hetero) is 1. The molecule has 0 spiro atoms. The lowest BCUT2D eigenvalue weighted by atomic mass is 9.75. The van der Waals surface area contributed by atoms with E-state index in [9.17, 15) is 9.59 Å². The van der Waals surface area contributed by atoms with Gasteiger partial charge < -0.3 is 15.0 Å². The Hall–Kier alpha value is -4.11. The minimum Gasteiger partial charge on any atom is -0.364 e. The maximum Gasteiger partial charge on any atom is 0.251 e. The molecular weight excluding hydrogens is 468 g/mol.